The lowest BCUT2D eigenvalue weighted by Crippen LogP contribution is -2.43. The van der Waals surface area contributed by atoms with Crippen LogP contribution < -0.4 is 14.8 Å². The molecule has 10 nitrogen and oxygen atoms in total. The number of hydrogen-bond acceptors (Lipinski definition) is 9. The minimum Gasteiger partial charge on any atom is -0.497 e. The first kappa shape index (κ1) is 23.2. The van der Waals surface area contributed by atoms with Gasteiger partial charge >= 0.3 is 0 Å². The number of rotatable bonds is 7. The Labute approximate surface area is 195 Å². The summed E-state index contributed by atoms with van der Waals surface area (Å²) in [5.74, 6) is 1.02. The monoisotopic (exact) mass is 492 g/mol. The van der Waals surface area contributed by atoms with Crippen molar-refractivity contribution in [3.63, 3.8) is 0 Å². The zero-order chi connectivity index (χ0) is 23.8. The third-order valence-corrected chi connectivity index (χ3v) is 8.37. The molecule has 1 saturated heterocycles. The highest BCUT2D eigenvalue weighted by Gasteiger charge is 2.42. The Balaban J connectivity index is 1.54. The number of sulfonamides is 1. The van der Waals surface area contributed by atoms with Crippen LogP contribution in [-0.4, -0.2) is 55.6 Å². The van der Waals surface area contributed by atoms with Gasteiger partial charge in [-0.1, -0.05) is 5.16 Å². The fourth-order valence-corrected chi connectivity index (χ4v) is 6.57. The van der Waals surface area contributed by atoms with E-state index in [1.165, 1.54) is 15.6 Å². The van der Waals surface area contributed by atoms with Crippen molar-refractivity contribution in [2.45, 2.75) is 37.6 Å². The van der Waals surface area contributed by atoms with E-state index in [1.54, 1.807) is 45.6 Å². The van der Waals surface area contributed by atoms with Crippen LogP contribution in [0.2, 0.25) is 0 Å². The lowest BCUT2D eigenvalue weighted by molar-refractivity contribution is -0.119. The number of hydrogen-bond donors (Lipinski definition) is 1. The van der Waals surface area contributed by atoms with Crippen molar-refractivity contribution in [2.24, 2.45) is 0 Å². The largest absolute Gasteiger partial charge is 0.497 e. The molecule has 1 atom stereocenters. The number of aryl methyl sites for hydroxylation is 2. The smallest absolute Gasteiger partial charge is 0.249 e. The summed E-state index contributed by atoms with van der Waals surface area (Å²) in [6.45, 7) is 3.36. The van der Waals surface area contributed by atoms with Crippen LogP contribution in [0, 0.1) is 13.8 Å². The molecule has 0 unspecified atom stereocenters. The Morgan fingerprint density at radius 1 is 1.27 bits per heavy atom. The zero-order valence-electron chi connectivity index (χ0n) is 18.6. The van der Waals surface area contributed by atoms with Crippen molar-refractivity contribution in [2.75, 3.05) is 26.1 Å². The molecule has 0 bridgehead atoms. The summed E-state index contributed by atoms with van der Waals surface area (Å²) in [7, 11) is -0.796. The van der Waals surface area contributed by atoms with E-state index >= 15 is 0 Å². The van der Waals surface area contributed by atoms with Gasteiger partial charge in [0.1, 0.15) is 28.1 Å². The van der Waals surface area contributed by atoms with E-state index in [0.717, 1.165) is 5.56 Å². The Morgan fingerprint density at radius 3 is 2.73 bits per heavy atom. The van der Waals surface area contributed by atoms with Gasteiger partial charge in [0, 0.05) is 23.6 Å². The van der Waals surface area contributed by atoms with E-state index in [9.17, 15) is 13.2 Å². The van der Waals surface area contributed by atoms with Crippen LogP contribution in [0.5, 0.6) is 11.5 Å². The molecular weight excluding hydrogens is 468 g/mol. The third-order valence-electron chi connectivity index (χ3n) is 5.46. The summed E-state index contributed by atoms with van der Waals surface area (Å²) in [4.78, 5) is 17.5. The minimum absolute atomic E-state index is 0.0188. The quantitative estimate of drug-likeness (QED) is 0.533. The first-order valence-corrected chi connectivity index (χ1v) is 12.5. The third kappa shape index (κ3) is 4.33. The van der Waals surface area contributed by atoms with E-state index in [1.807, 2.05) is 6.07 Å². The number of aromatic nitrogens is 2. The van der Waals surface area contributed by atoms with Crippen molar-refractivity contribution in [1.82, 2.24) is 14.4 Å². The van der Waals surface area contributed by atoms with Crippen molar-refractivity contribution in [3.8, 4) is 22.8 Å². The summed E-state index contributed by atoms with van der Waals surface area (Å²) < 4.78 is 43.4. The highest BCUT2D eigenvalue weighted by molar-refractivity contribution is 7.89. The Hall–Kier alpha value is -2.96. The van der Waals surface area contributed by atoms with Gasteiger partial charge in [-0.3, -0.25) is 4.79 Å². The highest BCUT2D eigenvalue weighted by atomic mass is 32.2. The van der Waals surface area contributed by atoms with Crippen LogP contribution >= 0.6 is 11.3 Å². The second-order valence-electron chi connectivity index (χ2n) is 7.52. The number of carbonyl (C=O) groups excluding carboxylic acids is 1. The summed E-state index contributed by atoms with van der Waals surface area (Å²) in [5, 5.41) is 8.68. The maximum Gasteiger partial charge on any atom is 0.249 e. The number of thiazole rings is 1. The second-order valence-corrected chi connectivity index (χ2v) is 10.2. The number of benzene rings is 1. The van der Waals surface area contributed by atoms with Gasteiger partial charge in [-0.2, -0.15) is 4.31 Å². The number of ether oxygens (including phenoxy) is 2. The van der Waals surface area contributed by atoms with Gasteiger partial charge in [0.15, 0.2) is 10.9 Å². The van der Waals surface area contributed by atoms with Gasteiger partial charge in [0.2, 0.25) is 15.9 Å². The molecule has 3 aromatic rings. The summed E-state index contributed by atoms with van der Waals surface area (Å²) in [6, 6.07) is 4.54. The first-order valence-electron chi connectivity index (χ1n) is 10.2. The predicted octanol–water partition coefficient (Wildman–Crippen LogP) is 3.22. The van der Waals surface area contributed by atoms with E-state index in [-0.39, 0.29) is 22.9 Å². The molecule has 1 aromatic carbocycles. The first-order chi connectivity index (χ1) is 15.8. The number of nitrogens with zero attached hydrogens (tertiary/aromatic N) is 3. The molecule has 2 aromatic heterocycles. The van der Waals surface area contributed by atoms with Crippen LogP contribution in [0.4, 0.5) is 5.13 Å². The number of methoxy groups -OCH3 is 2. The van der Waals surface area contributed by atoms with Crippen LogP contribution in [-0.2, 0) is 14.8 Å². The van der Waals surface area contributed by atoms with Gasteiger partial charge < -0.3 is 19.3 Å². The molecule has 1 amide bonds. The Bertz CT molecular complexity index is 1260. The summed E-state index contributed by atoms with van der Waals surface area (Å²) in [6.07, 6.45) is 0.992. The number of amides is 1. The van der Waals surface area contributed by atoms with E-state index in [2.05, 4.69) is 15.5 Å². The molecule has 33 heavy (non-hydrogen) atoms. The Kier molecular flexibility index (Phi) is 6.41. The molecule has 4 rings (SSSR count). The zero-order valence-corrected chi connectivity index (χ0v) is 20.2. The standard InChI is InChI=1S/C21H24N4O6S2/c1-12-19(13(2)31-24-12)33(27,28)25-9-5-6-17(25)20(26)23-21-22-16(11-32-21)15-8-7-14(29-3)10-18(15)30-4/h7-8,10-11,17H,5-6,9H2,1-4H3,(H,22,23,26)/t17-/m0/s1. The Morgan fingerprint density at radius 2 is 2.06 bits per heavy atom. The molecule has 0 saturated carbocycles. The molecule has 176 valence electrons. The molecule has 1 N–H and O–H groups in total. The molecule has 1 aliphatic heterocycles. The van der Waals surface area contributed by atoms with Gasteiger partial charge in [-0.25, -0.2) is 13.4 Å². The van der Waals surface area contributed by atoms with Crippen LogP contribution in [0.25, 0.3) is 11.3 Å². The average molecular weight is 493 g/mol. The van der Waals surface area contributed by atoms with Crippen molar-refractivity contribution in [1.29, 1.82) is 0 Å². The van der Waals surface area contributed by atoms with Crippen LogP contribution in [0.1, 0.15) is 24.3 Å². The van der Waals surface area contributed by atoms with Crippen molar-refractivity contribution < 1.29 is 27.2 Å². The molecular formula is C21H24N4O6S2. The fraction of sp³-hybridized carbons (Fsp3) is 0.381. The van der Waals surface area contributed by atoms with Crippen LogP contribution in [0.3, 0.4) is 0 Å². The maximum absolute atomic E-state index is 13.2. The molecule has 0 spiro atoms. The molecule has 0 aliphatic carbocycles. The fourth-order valence-electron chi connectivity index (χ4n) is 3.90. The van der Waals surface area contributed by atoms with Gasteiger partial charge in [0.05, 0.1) is 19.9 Å². The van der Waals surface area contributed by atoms with E-state index in [4.69, 9.17) is 14.0 Å². The molecule has 1 fully saturated rings. The lowest BCUT2D eigenvalue weighted by atomic mass is 10.1. The predicted molar refractivity (Wildman–Crippen MR) is 122 cm³/mol. The summed E-state index contributed by atoms with van der Waals surface area (Å²) >= 11 is 1.25. The SMILES string of the molecule is COc1ccc(-c2csc(NC(=O)[C@@H]3CCCN3S(=O)(=O)c3c(C)noc3C)n2)c(OC)c1. The molecule has 12 heteroatoms. The van der Waals surface area contributed by atoms with E-state index < -0.39 is 22.0 Å². The summed E-state index contributed by atoms with van der Waals surface area (Å²) in [5.41, 5.74) is 1.65. The minimum atomic E-state index is -3.93. The van der Waals surface area contributed by atoms with Crippen LogP contribution in [0.15, 0.2) is 33.0 Å². The maximum atomic E-state index is 13.2. The van der Waals surface area contributed by atoms with Crippen molar-refractivity contribution in [3.05, 3.63) is 35.0 Å². The topological polar surface area (TPSA) is 124 Å². The highest BCUT2D eigenvalue weighted by Crippen LogP contribution is 2.35. The second kappa shape index (κ2) is 9.12. The van der Waals surface area contributed by atoms with Crippen molar-refractivity contribution >= 4 is 32.4 Å². The van der Waals surface area contributed by atoms with Gasteiger partial charge in [0.25, 0.3) is 0 Å². The number of anilines is 1. The number of nitrogens with one attached hydrogen (secondary N) is 1. The lowest BCUT2D eigenvalue weighted by Gasteiger charge is -2.22. The number of carbonyl (C=O) groups is 1. The molecule has 3 heterocycles. The normalized spacial score (nSPS) is 16.7. The van der Waals surface area contributed by atoms with E-state index in [0.29, 0.717) is 35.2 Å². The molecule has 0 radical (unpaired) electrons. The van der Waals surface area contributed by atoms with Gasteiger partial charge in [-0.15, -0.1) is 11.3 Å². The average Bonchev–Trinajstić information content (AvgIpc) is 3.53. The molecule has 1 aliphatic rings. The van der Waals surface area contributed by atoms with Gasteiger partial charge in [-0.05, 0) is 38.8 Å².